The summed E-state index contributed by atoms with van der Waals surface area (Å²) in [5, 5.41) is 4.89. The molecule has 0 saturated heterocycles. The second-order valence-corrected chi connectivity index (χ2v) is 6.03. The van der Waals surface area contributed by atoms with Gasteiger partial charge in [0.2, 0.25) is 0 Å². The van der Waals surface area contributed by atoms with Gasteiger partial charge in [-0.3, -0.25) is 4.98 Å². The predicted octanol–water partition coefficient (Wildman–Crippen LogP) is 4.38. The first kappa shape index (κ1) is 13.6. The summed E-state index contributed by atoms with van der Waals surface area (Å²) in [5.41, 5.74) is 3.68. The highest BCUT2D eigenvalue weighted by molar-refractivity contribution is 5.82. The van der Waals surface area contributed by atoms with Crippen LogP contribution in [0.15, 0.2) is 30.3 Å². The molecule has 1 aromatic heterocycles. The van der Waals surface area contributed by atoms with Crippen LogP contribution >= 0.6 is 0 Å². The topological polar surface area (TPSA) is 24.9 Å². The highest BCUT2D eigenvalue weighted by Gasteiger charge is 2.25. The van der Waals surface area contributed by atoms with Crippen LogP contribution in [0.3, 0.4) is 0 Å². The van der Waals surface area contributed by atoms with E-state index < -0.39 is 0 Å². The third-order valence-electron chi connectivity index (χ3n) is 4.64. The summed E-state index contributed by atoms with van der Waals surface area (Å²) >= 11 is 0. The summed E-state index contributed by atoms with van der Waals surface area (Å²) in [6, 6.07) is 11.3. The van der Waals surface area contributed by atoms with Crippen molar-refractivity contribution in [3.63, 3.8) is 0 Å². The fourth-order valence-electron chi connectivity index (χ4n) is 3.71. The van der Waals surface area contributed by atoms with Crippen molar-refractivity contribution in [2.45, 2.75) is 45.1 Å². The molecule has 2 aromatic rings. The van der Waals surface area contributed by atoms with E-state index in [1.54, 1.807) is 0 Å². The maximum absolute atomic E-state index is 4.67. The standard InChI is InChI=1S/C18H24N2/c1-13-12-16(15-10-6-7-11-17(15)20-13)18(19-2)14-8-4-3-5-9-14/h6-7,10-12,14,18-19H,3-5,8-9H2,1-2H3. The molecule has 1 aromatic carbocycles. The number of nitrogens with one attached hydrogen (secondary N) is 1. The first-order chi connectivity index (χ1) is 9.79. The van der Waals surface area contributed by atoms with Gasteiger partial charge in [-0.15, -0.1) is 0 Å². The summed E-state index contributed by atoms with van der Waals surface area (Å²) in [5.74, 6) is 0.763. The summed E-state index contributed by atoms with van der Waals surface area (Å²) in [7, 11) is 2.10. The zero-order valence-corrected chi connectivity index (χ0v) is 12.5. The molecule has 106 valence electrons. The second-order valence-electron chi connectivity index (χ2n) is 6.03. The highest BCUT2D eigenvalue weighted by atomic mass is 14.9. The van der Waals surface area contributed by atoms with Crippen LogP contribution in [0.1, 0.15) is 49.4 Å². The Morgan fingerprint density at radius 2 is 1.90 bits per heavy atom. The maximum atomic E-state index is 4.67. The number of benzene rings is 1. The fraction of sp³-hybridized carbons (Fsp3) is 0.500. The molecule has 0 radical (unpaired) electrons. The number of para-hydroxylation sites is 1. The number of hydrogen-bond donors (Lipinski definition) is 1. The zero-order chi connectivity index (χ0) is 13.9. The van der Waals surface area contributed by atoms with E-state index in [0.717, 1.165) is 17.1 Å². The van der Waals surface area contributed by atoms with Crippen molar-refractivity contribution in [2.24, 2.45) is 5.92 Å². The van der Waals surface area contributed by atoms with Crippen LogP contribution in [-0.2, 0) is 0 Å². The second kappa shape index (κ2) is 5.92. The van der Waals surface area contributed by atoms with Gasteiger partial charge in [-0.05, 0) is 50.4 Å². The lowest BCUT2D eigenvalue weighted by Gasteiger charge is -2.31. The van der Waals surface area contributed by atoms with Crippen LogP contribution in [-0.4, -0.2) is 12.0 Å². The van der Waals surface area contributed by atoms with Crippen LogP contribution in [0.5, 0.6) is 0 Å². The van der Waals surface area contributed by atoms with E-state index in [2.05, 4.69) is 54.6 Å². The third-order valence-corrected chi connectivity index (χ3v) is 4.64. The van der Waals surface area contributed by atoms with Gasteiger partial charge in [0.25, 0.3) is 0 Å². The Kier molecular flexibility index (Phi) is 4.02. The van der Waals surface area contributed by atoms with Crippen molar-refractivity contribution in [3.05, 3.63) is 41.6 Å². The first-order valence-electron chi connectivity index (χ1n) is 7.83. The van der Waals surface area contributed by atoms with Crippen molar-refractivity contribution in [1.29, 1.82) is 0 Å². The average Bonchev–Trinajstić information content (AvgIpc) is 2.49. The first-order valence-corrected chi connectivity index (χ1v) is 7.83. The van der Waals surface area contributed by atoms with E-state index in [1.807, 2.05) is 0 Å². The fourth-order valence-corrected chi connectivity index (χ4v) is 3.71. The van der Waals surface area contributed by atoms with Gasteiger partial charge in [-0.1, -0.05) is 37.5 Å². The van der Waals surface area contributed by atoms with Gasteiger partial charge in [0.15, 0.2) is 0 Å². The summed E-state index contributed by atoms with van der Waals surface area (Å²) in [4.78, 5) is 4.67. The molecule has 0 amide bonds. The molecule has 3 rings (SSSR count). The highest BCUT2D eigenvalue weighted by Crippen LogP contribution is 2.36. The van der Waals surface area contributed by atoms with Crippen LogP contribution < -0.4 is 5.32 Å². The molecule has 1 N–H and O–H groups in total. The molecule has 1 atom stereocenters. The number of aromatic nitrogens is 1. The number of pyridine rings is 1. The molecule has 1 saturated carbocycles. The molecule has 1 fully saturated rings. The SMILES string of the molecule is CNC(c1cc(C)nc2ccccc12)C1CCCCC1. The summed E-state index contributed by atoms with van der Waals surface area (Å²) < 4.78 is 0. The number of aryl methyl sites for hydroxylation is 1. The molecule has 1 aliphatic carbocycles. The molecule has 0 bridgehead atoms. The van der Waals surface area contributed by atoms with E-state index in [1.165, 1.54) is 43.1 Å². The molecule has 1 heterocycles. The monoisotopic (exact) mass is 268 g/mol. The molecule has 0 aliphatic heterocycles. The van der Waals surface area contributed by atoms with Gasteiger partial charge in [0, 0.05) is 17.1 Å². The van der Waals surface area contributed by atoms with Gasteiger partial charge in [-0.25, -0.2) is 0 Å². The van der Waals surface area contributed by atoms with Gasteiger partial charge in [0.1, 0.15) is 0 Å². The Labute approximate surface area is 121 Å². The molecule has 20 heavy (non-hydrogen) atoms. The predicted molar refractivity (Wildman–Crippen MR) is 84.9 cm³/mol. The Bertz CT molecular complexity index is 585. The quantitative estimate of drug-likeness (QED) is 0.893. The average molecular weight is 268 g/mol. The Morgan fingerprint density at radius 1 is 1.15 bits per heavy atom. The smallest absolute Gasteiger partial charge is 0.0708 e. The van der Waals surface area contributed by atoms with E-state index >= 15 is 0 Å². The van der Waals surface area contributed by atoms with Crippen LogP contribution in [0.2, 0.25) is 0 Å². The molecule has 2 nitrogen and oxygen atoms in total. The largest absolute Gasteiger partial charge is 0.313 e. The molecule has 1 aliphatic rings. The lowest BCUT2D eigenvalue weighted by molar-refractivity contribution is 0.283. The van der Waals surface area contributed by atoms with Gasteiger partial charge in [-0.2, -0.15) is 0 Å². The lowest BCUT2D eigenvalue weighted by atomic mass is 9.80. The Hall–Kier alpha value is -1.41. The van der Waals surface area contributed by atoms with Crippen molar-refractivity contribution >= 4 is 10.9 Å². The molecular formula is C18H24N2. The Morgan fingerprint density at radius 3 is 2.65 bits per heavy atom. The minimum Gasteiger partial charge on any atom is -0.313 e. The van der Waals surface area contributed by atoms with Crippen molar-refractivity contribution in [1.82, 2.24) is 10.3 Å². The molecule has 1 unspecified atom stereocenters. The third kappa shape index (κ3) is 2.57. The summed E-state index contributed by atoms with van der Waals surface area (Å²) in [6.07, 6.45) is 6.86. The van der Waals surface area contributed by atoms with E-state index in [0.29, 0.717) is 6.04 Å². The van der Waals surface area contributed by atoms with Crippen LogP contribution in [0.25, 0.3) is 10.9 Å². The van der Waals surface area contributed by atoms with Crippen molar-refractivity contribution < 1.29 is 0 Å². The van der Waals surface area contributed by atoms with Crippen LogP contribution in [0.4, 0.5) is 0 Å². The molecule has 0 spiro atoms. The maximum Gasteiger partial charge on any atom is 0.0708 e. The van der Waals surface area contributed by atoms with Crippen molar-refractivity contribution in [3.8, 4) is 0 Å². The van der Waals surface area contributed by atoms with E-state index in [4.69, 9.17) is 0 Å². The number of fused-ring (bicyclic) bond motifs is 1. The number of nitrogens with zero attached hydrogens (tertiary/aromatic N) is 1. The number of hydrogen-bond acceptors (Lipinski definition) is 2. The van der Waals surface area contributed by atoms with Gasteiger partial charge >= 0.3 is 0 Å². The molecular weight excluding hydrogens is 244 g/mol. The Balaban J connectivity index is 2.06. The summed E-state index contributed by atoms with van der Waals surface area (Å²) in [6.45, 7) is 2.10. The minimum atomic E-state index is 0.460. The van der Waals surface area contributed by atoms with Gasteiger partial charge < -0.3 is 5.32 Å². The number of rotatable bonds is 3. The van der Waals surface area contributed by atoms with Gasteiger partial charge in [0.05, 0.1) is 5.52 Å². The normalized spacial score (nSPS) is 18.3. The lowest BCUT2D eigenvalue weighted by Crippen LogP contribution is -2.27. The van der Waals surface area contributed by atoms with Crippen molar-refractivity contribution in [2.75, 3.05) is 7.05 Å². The minimum absolute atomic E-state index is 0.460. The van der Waals surface area contributed by atoms with Crippen LogP contribution in [0, 0.1) is 12.8 Å². The van der Waals surface area contributed by atoms with E-state index in [9.17, 15) is 0 Å². The zero-order valence-electron chi connectivity index (χ0n) is 12.5. The van der Waals surface area contributed by atoms with E-state index in [-0.39, 0.29) is 0 Å². The molecule has 2 heteroatoms.